The number of nitrogens with zero attached hydrogens (tertiary/aromatic N) is 1. The van der Waals surface area contributed by atoms with Crippen LogP contribution in [0.1, 0.15) is 18.2 Å². The van der Waals surface area contributed by atoms with Crippen LogP contribution >= 0.6 is 15.9 Å². The molecule has 1 aromatic heterocycles. The molecule has 0 saturated heterocycles. The molecule has 3 nitrogen and oxygen atoms in total. The summed E-state index contributed by atoms with van der Waals surface area (Å²) >= 11 is 3.42. The Labute approximate surface area is 86.1 Å². The van der Waals surface area contributed by atoms with Crippen molar-refractivity contribution in [2.24, 2.45) is 5.84 Å². The zero-order valence-electron chi connectivity index (χ0n) is 7.20. The first kappa shape index (κ1) is 10.4. The highest BCUT2D eigenvalue weighted by Gasteiger charge is 2.11. The summed E-state index contributed by atoms with van der Waals surface area (Å²) in [4.78, 5) is 4.23. The Morgan fingerprint density at radius 2 is 2.54 bits per heavy atom. The molecule has 0 aliphatic heterocycles. The summed E-state index contributed by atoms with van der Waals surface area (Å²) in [7, 11) is 0. The largest absolute Gasteiger partial charge is 0.271 e. The Morgan fingerprint density at radius 1 is 1.77 bits per heavy atom. The Balaban J connectivity index is 2.90. The van der Waals surface area contributed by atoms with Crippen molar-refractivity contribution in [1.29, 1.82) is 0 Å². The minimum Gasteiger partial charge on any atom is -0.271 e. The van der Waals surface area contributed by atoms with Gasteiger partial charge in [0.1, 0.15) is 0 Å². The fourth-order valence-electron chi connectivity index (χ4n) is 1.08. The summed E-state index contributed by atoms with van der Waals surface area (Å²) in [6, 6.07) is 3.83. The zero-order valence-corrected chi connectivity index (χ0v) is 8.79. The minimum atomic E-state index is 0.0214. The van der Waals surface area contributed by atoms with Gasteiger partial charge in [0, 0.05) is 10.7 Å². The van der Waals surface area contributed by atoms with Crippen LogP contribution in [0.3, 0.4) is 0 Å². The van der Waals surface area contributed by atoms with Crippen LogP contribution in [0.15, 0.2) is 35.5 Å². The van der Waals surface area contributed by atoms with Crippen LogP contribution in [-0.4, -0.2) is 4.98 Å². The third-order valence-electron chi connectivity index (χ3n) is 1.72. The van der Waals surface area contributed by atoms with Crippen LogP contribution in [0, 0.1) is 0 Å². The summed E-state index contributed by atoms with van der Waals surface area (Å²) in [5.74, 6) is 5.40. The van der Waals surface area contributed by atoms with Crippen molar-refractivity contribution in [2.75, 3.05) is 0 Å². The first-order valence-corrected chi connectivity index (χ1v) is 4.76. The number of hydrazine groups is 1. The van der Waals surface area contributed by atoms with Gasteiger partial charge in [-0.05, 0) is 34.5 Å². The molecule has 0 fully saturated rings. The SMILES string of the molecule is C=CCC(NN)c1ncccc1Br. The standard InChI is InChI=1S/C9H12BrN3/c1-2-4-8(13-11)9-7(10)5-3-6-12-9/h2-3,5-6,8,13H,1,4,11H2. The van der Waals surface area contributed by atoms with Crippen LogP contribution in [0.5, 0.6) is 0 Å². The molecule has 0 bridgehead atoms. The summed E-state index contributed by atoms with van der Waals surface area (Å²) in [5, 5.41) is 0. The first-order valence-electron chi connectivity index (χ1n) is 3.97. The van der Waals surface area contributed by atoms with Crippen molar-refractivity contribution in [3.8, 4) is 0 Å². The van der Waals surface area contributed by atoms with Crippen molar-refractivity contribution < 1.29 is 0 Å². The smallest absolute Gasteiger partial charge is 0.0731 e. The maximum absolute atomic E-state index is 5.40. The number of aromatic nitrogens is 1. The lowest BCUT2D eigenvalue weighted by Crippen LogP contribution is -2.28. The average molecular weight is 242 g/mol. The molecule has 4 heteroatoms. The first-order chi connectivity index (χ1) is 6.29. The van der Waals surface area contributed by atoms with Gasteiger partial charge >= 0.3 is 0 Å². The van der Waals surface area contributed by atoms with Crippen LogP contribution in [0.25, 0.3) is 0 Å². The Morgan fingerprint density at radius 3 is 3.08 bits per heavy atom. The fourth-order valence-corrected chi connectivity index (χ4v) is 1.61. The van der Waals surface area contributed by atoms with E-state index >= 15 is 0 Å². The van der Waals surface area contributed by atoms with E-state index in [-0.39, 0.29) is 6.04 Å². The third kappa shape index (κ3) is 2.62. The molecule has 1 rings (SSSR count). The molecule has 0 aliphatic rings. The second-order valence-corrected chi connectivity index (χ2v) is 3.47. The molecule has 0 radical (unpaired) electrons. The highest BCUT2D eigenvalue weighted by molar-refractivity contribution is 9.10. The van der Waals surface area contributed by atoms with Crippen molar-refractivity contribution in [3.05, 3.63) is 41.2 Å². The number of rotatable bonds is 4. The lowest BCUT2D eigenvalue weighted by molar-refractivity contribution is 0.545. The maximum Gasteiger partial charge on any atom is 0.0731 e. The van der Waals surface area contributed by atoms with E-state index in [1.165, 1.54) is 0 Å². The molecule has 3 N–H and O–H groups in total. The lowest BCUT2D eigenvalue weighted by atomic mass is 10.1. The van der Waals surface area contributed by atoms with Gasteiger partial charge < -0.3 is 0 Å². The quantitative estimate of drug-likeness (QED) is 0.481. The number of hydrogen-bond acceptors (Lipinski definition) is 3. The van der Waals surface area contributed by atoms with E-state index in [2.05, 4.69) is 32.9 Å². The molecular formula is C9H12BrN3. The van der Waals surface area contributed by atoms with Gasteiger partial charge in [-0.25, -0.2) is 0 Å². The Kier molecular flexibility index (Phi) is 4.08. The van der Waals surface area contributed by atoms with Gasteiger partial charge in [-0.3, -0.25) is 16.3 Å². The van der Waals surface area contributed by atoms with Gasteiger partial charge in [0.2, 0.25) is 0 Å². The molecular weight excluding hydrogens is 230 g/mol. The number of pyridine rings is 1. The molecule has 1 unspecified atom stereocenters. The highest BCUT2D eigenvalue weighted by atomic mass is 79.9. The van der Waals surface area contributed by atoms with Crippen molar-refractivity contribution >= 4 is 15.9 Å². The molecule has 0 aliphatic carbocycles. The van der Waals surface area contributed by atoms with E-state index in [0.717, 1.165) is 16.6 Å². The van der Waals surface area contributed by atoms with E-state index in [9.17, 15) is 0 Å². The third-order valence-corrected chi connectivity index (χ3v) is 2.39. The van der Waals surface area contributed by atoms with Gasteiger partial charge in [0.15, 0.2) is 0 Å². The number of halogens is 1. The van der Waals surface area contributed by atoms with Crippen molar-refractivity contribution in [1.82, 2.24) is 10.4 Å². The number of nitrogens with two attached hydrogens (primary N) is 1. The summed E-state index contributed by atoms with van der Waals surface area (Å²) in [5.41, 5.74) is 3.60. The fraction of sp³-hybridized carbons (Fsp3) is 0.222. The van der Waals surface area contributed by atoms with Crippen LogP contribution in [0.2, 0.25) is 0 Å². The molecule has 13 heavy (non-hydrogen) atoms. The molecule has 1 atom stereocenters. The molecule has 0 saturated carbocycles. The van der Waals surface area contributed by atoms with E-state index in [1.54, 1.807) is 6.20 Å². The Bertz CT molecular complexity index is 288. The van der Waals surface area contributed by atoms with Gasteiger partial charge in [-0.1, -0.05) is 6.08 Å². The predicted molar refractivity (Wildman–Crippen MR) is 56.8 cm³/mol. The summed E-state index contributed by atoms with van der Waals surface area (Å²) in [6.07, 6.45) is 4.31. The van der Waals surface area contributed by atoms with Crippen molar-refractivity contribution in [3.63, 3.8) is 0 Å². The van der Waals surface area contributed by atoms with E-state index in [0.29, 0.717) is 0 Å². The normalized spacial score (nSPS) is 12.5. The van der Waals surface area contributed by atoms with Gasteiger partial charge in [-0.2, -0.15) is 0 Å². The van der Waals surface area contributed by atoms with E-state index < -0.39 is 0 Å². The van der Waals surface area contributed by atoms with Crippen molar-refractivity contribution in [2.45, 2.75) is 12.5 Å². The van der Waals surface area contributed by atoms with E-state index in [4.69, 9.17) is 5.84 Å². The minimum absolute atomic E-state index is 0.0214. The second kappa shape index (κ2) is 5.11. The second-order valence-electron chi connectivity index (χ2n) is 2.61. The maximum atomic E-state index is 5.40. The van der Waals surface area contributed by atoms with Gasteiger partial charge in [0.25, 0.3) is 0 Å². The molecule has 0 aromatic carbocycles. The topological polar surface area (TPSA) is 50.9 Å². The monoisotopic (exact) mass is 241 g/mol. The highest BCUT2D eigenvalue weighted by Crippen LogP contribution is 2.22. The van der Waals surface area contributed by atoms with Crippen LogP contribution in [-0.2, 0) is 0 Å². The molecule has 0 amide bonds. The lowest BCUT2D eigenvalue weighted by Gasteiger charge is -2.14. The molecule has 70 valence electrons. The van der Waals surface area contributed by atoms with E-state index in [1.807, 2.05) is 18.2 Å². The zero-order chi connectivity index (χ0) is 9.68. The van der Waals surface area contributed by atoms with Gasteiger partial charge in [-0.15, -0.1) is 6.58 Å². The number of hydrogen-bond donors (Lipinski definition) is 2. The molecule has 1 heterocycles. The summed E-state index contributed by atoms with van der Waals surface area (Å²) in [6.45, 7) is 3.66. The van der Waals surface area contributed by atoms with Gasteiger partial charge in [0.05, 0.1) is 11.7 Å². The summed E-state index contributed by atoms with van der Waals surface area (Å²) < 4.78 is 0.958. The molecule has 1 aromatic rings. The van der Waals surface area contributed by atoms with Crippen LogP contribution in [0.4, 0.5) is 0 Å². The molecule has 0 spiro atoms. The predicted octanol–water partition coefficient (Wildman–Crippen LogP) is 1.92. The number of nitrogens with one attached hydrogen (secondary N) is 1. The average Bonchev–Trinajstić information content (AvgIpc) is 2.16. The van der Waals surface area contributed by atoms with Crippen LogP contribution < -0.4 is 11.3 Å². The Hall–Kier alpha value is -0.710.